The SMILES string of the molecule is C/C=C/COC(=O)c1ccc([N+](=O)[O-])s1. The van der Waals surface area contributed by atoms with Crippen molar-refractivity contribution in [2.75, 3.05) is 6.61 Å². The molecule has 0 amide bonds. The van der Waals surface area contributed by atoms with Gasteiger partial charge in [0.1, 0.15) is 11.5 Å². The van der Waals surface area contributed by atoms with E-state index in [0.717, 1.165) is 11.3 Å². The first-order valence-corrected chi connectivity index (χ1v) is 4.99. The lowest BCUT2D eigenvalue weighted by molar-refractivity contribution is -0.380. The highest BCUT2D eigenvalue weighted by atomic mass is 32.1. The molecular formula is C9H9NO4S. The van der Waals surface area contributed by atoms with Crippen LogP contribution in [0.1, 0.15) is 16.6 Å². The molecule has 80 valence electrons. The van der Waals surface area contributed by atoms with Crippen LogP contribution in [0, 0.1) is 10.1 Å². The van der Waals surface area contributed by atoms with Gasteiger partial charge in [-0.2, -0.15) is 0 Å². The summed E-state index contributed by atoms with van der Waals surface area (Å²) in [6.07, 6.45) is 3.43. The molecule has 0 spiro atoms. The summed E-state index contributed by atoms with van der Waals surface area (Å²) in [5.74, 6) is -0.536. The number of nitro groups is 1. The van der Waals surface area contributed by atoms with Gasteiger partial charge < -0.3 is 4.74 Å². The van der Waals surface area contributed by atoms with E-state index in [1.165, 1.54) is 12.1 Å². The van der Waals surface area contributed by atoms with Crippen molar-refractivity contribution in [1.29, 1.82) is 0 Å². The van der Waals surface area contributed by atoms with Gasteiger partial charge >= 0.3 is 11.0 Å². The summed E-state index contributed by atoms with van der Waals surface area (Å²) in [4.78, 5) is 21.3. The number of hydrogen-bond donors (Lipinski definition) is 0. The van der Waals surface area contributed by atoms with E-state index in [-0.39, 0.29) is 16.5 Å². The van der Waals surface area contributed by atoms with Crippen LogP contribution in [0.5, 0.6) is 0 Å². The molecule has 0 N–H and O–H groups in total. The first kappa shape index (κ1) is 11.4. The minimum Gasteiger partial charge on any atom is -0.457 e. The zero-order chi connectivity index (χ0) is 11.3. The molecule has 6 heteroatoms. The van der Waals surface area contributed by atoms with Crippen molar-refractivity contribution in [3.63, 3.8) is 0 Å². The average Bonchev–Trinajstić information content (AvgIpc) is 2.66. The highest BCUT2D eigenvalue weighted by Crippen LogP contribution is 2.24. The van der Waals surface area contributed by atoms with Gasteiger partial charge in [-0.25, -0.2) is 4.79 Å². The van der Waals surface area contributed by atoms with Crippen LogP contribution in [0.25, 0.3) is 0 Å². The van der Waals surface area contributed by atoms with Crippen LogP contribution < -0.4 is 0 Å². The Morgan fingerprint density at radius 2 is 2.40 bits per heavy atom. The van der Waals surface area contributed by atoms with E-state index in [1.54, 1.807) is 12.2 Å². The topological polar surface area (TPSA) is 69.4 Å². The summed E-state index contributed by atoms with van der Waals surface area (Å²) in [6, 6.07) is 2.68. The Labute approximate surface area is 90.1 Å². The van der Waals surface area contributed by atoms with Crippen LogP contribution in [0.15, 0.2) is 24.3 Å². The number of allylic oxidation sites excluding steroid dienone is 1. The van der Waals surface area contributed by atoms with Gasteiger partial charge in [0.25, 0.3) is 0 Å². The molecule has 15 heavy (non-hydrogen) atoms. The second-order valence-corrected chi connectivity index (χ2v) is 3.62. The number of ether oxygens (including phenoxy) is 1. The van der Waals surface area contributed by atoms with Crippen LogP contribution in [-0.4, -0.2) is 17.5 Å². The lowest BCUT2D eigenvalue weighted by Gasteiger charge is -1.96. The molecule has 0 aromatic carbocycles. The highest BCUT2D eigenvalue weighted by molar-refractivity contribution is 7.17. The molecule has 1 aromatic heterocycles. The summed E-state index contributed by atoms with van der Waals surface area (Å²) in [7, 11) is 0. The molecule has 0 aliphatic carbocycles. The van der Waals surface area contributed by atoms with Crippen LogP contribution >= 0.6 is 11.3 Å². The van der Waals surface area contributed by atoms with Crippen molar-refractivity contribution in [3.8, 4) is 0 Å². The average molecular weight is 227 g/mol. The lowest BCUT2D eigenvalue weighted by atomic mass is 10.4. The van der Waals surface area contributed by atoms with Crippen molar-refractivity contribution in [2.24, 2.45) is 0 Å². The van der Waals surface area contributed by atoms with E-state index in [0.29, 0.717) is 0 Å². The van der Waals surface area contributed by atoms with Crippen LogP contribution in [-0.2, 0) is 4.74 Å². The van der Waals surface area contributed by atoms with E-state index >= 15 is 0 Å². The Morgan fingerprint density at radius 1 is 1.67 bits per heavy atom. The maximum absolute atomic E-state index is 11.3. The van der Waals surface area contributed by atoms with E-state index in [1.807, 2.05) is 6.92 Å². The Hall–Kier alpha value is -1.69. The van der Waals surface area contributed by atoms with Gasteiger partial charge in [0.05, 0.1) is 4.92 Å². The second kappa shape index (κ2) is 5.26. The number of rotatable bonds is 4. The van der Waals surface area contributed by atoms with Crippen molar-refractivity contribution in [3.05, 3.63) is 39.3 Å². The van der Waals surface area contributed by atoms with Gasteiger partial charge in [-0.05, 0) is 13.0 Å². The number of nitrogens with zero attached hydrogens (tertiary/aromatic N) is 1. The van der Waals surface area contributed by atoms with Gasteiger partial charge in [0, 0.05) is 6.07 Å². The highest BCUT2D eigenvalue weighted by Gasteiger charge is 2.15. The monoisotopic (exact) mass is 227 g/mol. The predicted molar refractivity (Wildman–Crippen MR) is 56.1 cm³/mol. The second-order valence-electron chi connectivity index (χ2n) is 2.56. The molecule has 0 saturated heterocycles. The number of carbonyl (C=O) groups is 1. The first-order chi connectivity index (χ1) is 7.15. The quantitative estimate of drug-likeness (QED) is 0.343. The molecule has 0 atom stereocenters. The van der Waals surface area contributed by atoms with Crippen LogP contribution in [0.4, 0.5) is 5.00 Å². The van der Waals surface area contributed by atoms with E-state index < -0.39 is 10.9 Å². The Kier molecular flexibility index (Phi) is 3.99. The molecule has 5 nitrogen and oxygen atoms in total. The number of carbonyl (C=O) groups excluding carboxylic acids is 1. The fourth-order valence-corrected chi connectivity index (χ4v) is 1.54. The summed E-state index contributed by atoms with van der Waals surface area (Å²) in [5.41, 5.74) is 0. The minimum atomic E-state index is -0.536. The number of thiophene rings is 1. The third-order valence-electron chi connectivity index (χ3n) is 1.52. The molecule has 1 heterocycles. The fourth-order valence-electron chi connectivity index (χ4n) is 0.827. The molecule has 0 saturated carbocycles. The minimum absolute atomic E-state index is 0.0621. The predicted octanol–water partition coefficient (Wildman–Crippen LogP) is 2.39. The van der Waals surface area contributed by atoms with Crippen molar-refractivity contribution in [2.45, 2.75) is 6.92 Å². The Morgan fingerprint density at radius 3 is 2.93 bits per heavy atom. The van der Waals surface area contributed by atoms with Crippen molar-refractivity contribution in [1.82, 2.24) is 0 Å². The first-order valence-electron chi connectivity index (χ1n) is 4.17. The molecule has 0 unspecified atom stereocenters. The molecule has 0 radical (unpaired) electrons. The standard InChI is InChI=1S/C9H9NO4S/c1-2-3-6-14-9(11)7-4-5-8(15-7)10(12)13/h2-5H,6H2,1H3/b3-2+. The smallest absolute Gasteiger partial charge is 0.348 e. The fraction of sp³-hybridized carbons (Fsp3) is 0.222. The molecule has 0 bridgehead atoms. The zero-order valence-electron chi connectivity index (χ0n) is 8.00. The molecule has 0 fully saturated rings. The summed E-state index contributed by atoms with van der Waals surface area (Å²) >= 11 is 0.809. The Balaban J connectivity index is 2.62. The third-order valence-corrected chi connectivity index (χ3v) is 2.54. The molecule has 0 aliphatic rings. The largest absolute Gasteiger partial charge is 0.457 e. The maximum atomic E-state index is 11.3. The van der Waals surface area contributed by atoms with Crippen LogP contribution in [0.2, 0.25) is 0 Å². The van der Waals surface area contributed by atoms with Crippen molar-refractivity contribution >= 4 is 22.3 Å². The number of esters is 1. The van der Waals surface area contributed by atoms with E-state index in [9.17, 15) is 14.9 Å². The summed E-state index contributed by atoms with van der Waals surface area (Å²) < 4.78 is 4.82. The van der Waals surface area contributed by atoms with E-state index in [4.69, 9.17) is 4.74 Å². The Bertz CT molecular complexity index is 397. The van der Waals surface area contributed by atoms with Crippen molar-refractivity contribution < 1.29 is 14.5 Å². The molecule has 0 aliphatic heterocycles. The third kappa shape index (κ3) is 3.17. The zero-order valence-corrected chi connectivity index (χ0v) is 8.82. The lowest BCUT2D eigenvalue weighted by Crippen LogP contribution is -2.02. The molecular weight excluding hydrogens is 218 g/mol. The number of hydrogen-bond acceptors (Lipinski definition) is 5. The summed E-state index contributed by atoms with van der Waals surface area (Å²) in [6.45, 7) is 1.99. The van der Waals surface area contributed by atoms with Crippen LogP contribution in [0.3, 0.4) is 0 Å². The molecule has 1 rings (SSSR count). The van der Waals surface area contributed by atoms with Gasteiger partial charge in [0.15, 0.2) is 0 Å². The van der Waals surface area contributed by atoms with Gasteiger partial charge in [-0.3, -0.25) is 10.1 Å². The van der Waals surface area contributed by atoms with Gasteiger partial charge in [0.2, 0.25) is 0 Å². The van der Waals surface area contributed by atoms with E-state index in [2.05, 4.69) is 0 Å². The van der Waals surface area contributed by atoms with Gasteiger partial charge in [-0.15, -0.1) is 0 Å². The normalized spacial score (nSPS) is 10.5. The molecule has 1 aromatic rings. The maximum Gasteiger partial charge on any atom is 0.348 e. The van der Waals surface area contributed by atoms with Gasteiger partial charge in [-0.1, -0.05) is 23.5 Å². The summed E-state index contributed by atoms with van der Waals surface area (Å²) in [5, 5.41) is 10.3.